The maximum absolute atomic E-state index is 6.02. The molecule has 2 aromatic rings. The second kappa shape index (κ2) is 6.64. The smallest absolute Gasteiger partial charge is 0.0406 e. The molecule has 3 unspecified atom stereocenters. The molecule has 0 aliphatic heterocycles. The Hall–Kier alpha value is -1.31. The molecule has 1 fully saturated rings. The van der Waals surface area contributed by atoms with Crippen LogP contribution in [0.3, 0.4) is 0 Å². The van der Waals surface area contributed by atoms with Crippen molar-refractivity contribution in [2.75, 3.05) is 13.1 Å². The first kappa shape index (κ1) is 14.6. The normalized spacial score (nSPS) is 22.0. The predicted octanol–water partition coefficient (Wildman–Crippen LogP) is 4.84. The van der Waals surface area contributed by atoms with Crippen LogP contribution in [-0.2, 0) is 0 Å². The molecule has 1 saturated carbocycles. The molecule has 0 bridgehead atoms. The van der Waals surface area contributed by atoms with E-state index in [4.69, 9.17) is 11.6 Å². The summed E-state index contributed by atoms with van der Waals surface area (Å²) < 4.78 is 0. The molecular weight excluding hydrogens is 278 g/mol. The lowest BCUT2D eigenvalue weighted by molar-refractivity contribution is 0.536. The summed E-state index contributed by atoms with van der Waals surface area (Å²) in [4.78, 5) is 0. The number of nitrogens with one attached hydrogen (secondary N) is 1. The highest BCUT2D eigenvalue weighted by Crippen LogP contribution is 2.54. The standard InChI is InChI=1S/C19H22ClN/c1-2-21-13-19(15-8-10-16(20)11-9-15)18-12-17(18)14-6-4-3-5-7-14/h3-11,17-19,21H,2,12-13H2,1H3. The van der Waals surface area contributed by atoms with E-state index in [1.807, 2.05) is 12.1 Å². The predicted molar refractivity (Wildman–Crippen MR) is 90.0 cm³/mol. The van der Waals surface area contributed by atoms with Crippen molar-refractivity contribution >= 4 is 11.6 Å². The van der Waals surface area contributed by atoms with Gasteiger partial charge in [0.05, 0.1) is 0 Å². The summed E-state index contributed by atoms with van der Waals surface area (Å²) in [5, 5.41) is 4.34. The van der Waals surface area contributed by atoms with Crippen LogP contribution in [0, 0.1) is 5.92 Å². The largest absolute Gasteiger partial charge is 0.316 e. The Labute approximate surface area is 132 Å². The van der Waals surface area contributed by atoms with Gasteiger partial charge in [-0.25, -0.2) is 0 Å². The highest BCUT2D eigenvalue weighted by atomic mass is 35.5. The summed E-state index contributed by atoms with van der Waals surface area (Å²) in [6.07, 6.45) is 1.29. The van der Waals surface area contributed by atoms with Crippen molar-refractivity contribution in [3.05, 3.63) is 70.7 Å². The maximum Gasteiger partial charge on any atom is 0.0406 e. The number of rotatable bonds is 6. The third kappa shape index (κ3) is 3.48. The second-order valence-electron chi connectivity index (χ2n) is 5.88. The van der Waals surface area contributed by atoms with Gasteiger partial charge in [0.15, 0.2) is 0 Å². The van der Waals surface area contributed by atoms with Crippen LogP contribution < -0.4 is 5.32 Å². The molecule has 21 heavy (non-hydrogen) atoms. The first-order chi connectivity index (χ1) is 10.3. The zero-order valence-corrected chi connectivity index (χ0v) is 13.2. The quantitative estimate of drug-likeness (QED) is 0.805. The van der Waals surface area contributed by atoms with Crippen LogP contribution >= 0.6 is 11.6 Å². The lowest BCUT2D eigenvalue weighted by Crippen LogP contribution is -2.22. The van der Waals surface area contributed by atoms with Crippen LogP contribution in [0.15, 0.2) is 54.6 Å². The number of likely N-dealkylation sites (N-methyl/N-ethyl adjacent to an activating group) is 1. The number of hydrogen-bond acceptors (Lipinski definition) is 1. The maximum atomic E-state index is 6.02. The summed E-state index contributed by atoms with van der Waals surface area (Å²) in [6.45, 7) is 4.24. The molecule has 1 aliphatic carbocycles. The Morgan fingerprint density at radius 1 is 1.10 bits per heavy atom. The fraction of sp³-hybridized carbons (Fsp3) is 0.368. The van der Waals surface area contributed by atoms with Crippen molar-refractivity contribution in [1.82, 2.24) is 5.32 Å². The third-order valence-corrected chi connectivity index (χ3v) is 4.75. The van der Waals surface area contributed by atoms with Crippen LogP contribution in [0.1, 0.15) is 36.3 Å². The molecule has 1 N–H and O–H groups in total. The van der Waals surface area contributed by atoms with E-state index in [1.54, 1.807) is 0 Å². The molecule has 2 aromatic carbocycles. The van der Waals surface area contributed by atoms with Gasteiger partial charge in [-0.05, 0) is 54.0 Å². The van der Waals surface area contributed by atoms with Crippen molar-refractivity contribution in [3.63, 3.8) is 0 Å². The first-order valence-corrected chi connectivity index (χ1v) is 8.18. The summed E-state index contributed by atoms with van der Waals surface area (Å²) in [6, 6.07) is 19.3. The molecule has 1 nitrogen and oxygen atoms in total. The highest BCUT2D eigenvalue weighted by molar-refractivity contribution is 6.30. The van der Waals surface area contributed by atoms with E-state index in [2.05, 4.69) is 54.7 Å². The molecule has 0 radical (unpaired) electrons. The average molecular weight is 300 g/mol. The Bertz CT molecular complexity index is 564. The van der Waals surface area contributed by atoms with Crippen LogP contribution in [-0.4, -0.2) is 13.1 Å². The molecule has 1 aliphatic rings. The van der Waals surface area contributed by atoms with Crippen LogP contribution in [0.4, 0.5) is 0 Å². The fourth-order valence-corrected chi connectivity index (χ4v) is 3.40. The minimum Gasteiger partial charge on any atom is -0.316 e. The van der Waals surface area contributed by atoms with Gasteiger partial charge in [-0.15, -0.1) is 0 Å². The van der Waals surface area contributed by atoms with Crippen molar-refractivity contribution in [3.8, 4) is 0 Å². The molecular formula is C19H22ClN. The van der Waals surface area contributed by atoms with Gasteiger partial charge in [0.2, 0.25) is 0 Å². The molecule has 3 atom stereocenters. The number of benzene rings is 2. The van der Waals surface area contributed by atoms with Gasteiger partial charge in [-0.2, -0.15) is 0 Å². The zero-order valence-electron chi connectivity index (χ0n) is 12.4. The molecule has 0 spiro atoms. The molecule has 0 amide bonds. The molecule has 110 valence electrons. The van der Waals surface area contributed by atoms with Crippen molar-refractivity contribution in [2.24, 2.45) is 5.92 Å². The Morgan fingerprint density at radius 3 is 2.48 bits per heavy atom. The van der Waals surface area contributed by atoms with Crippen molar-refractivity contribution in [2.45, 2.75) is 25.2 Å². The van der Waals surface area contributed by atoms with E-state index in [0.29, 0.717) is 11.8 Å². The lowest BCUT2D eigenvalue weighted by Gasteiger charge is -2.18. The van der Waals surface area contributed by atoms with Gasteiger partial charge in [0.25, 0.3) is 0 Å². The second-order valence-corrected chi connectivity index (χ2v) is 6.32. The average Bonchev–Trinajstić information content (AvgIpc) is 3.31. The SMILES string of the molecule is CCNCC(c1ccc(Cl)cc1)C1CC1c1ccccc1. The van der Waals surface area contributed by atoms with Crippen molar-refractivity contribution < 1.29 is 0 Å². The summed E-state index contributed by atoms with van der Waals surface area (Å²) in [7, 11) is 0. The van der Waals surface area contributed by atoms with Gasteiger partial charge in [-0.1, -0.05) is 61.0 Å². The van der Waals surface area contributed by atoms with E-state index in [9.17, 15) is 0 Å². The van der Waals surface area contributed by atoms with E-state index in [1.165, 1.54) is 17.5 Å². The van der Waals surface area contributed by atoms with Gasteiger partial charge >= 0.3 is 0 Å². The minimum absolute atomic E-state index is 0.576. The van der Waals surface area contributed by atoms with Crippen LogP contribution in [0.5, 0.6) is 0 Å². The molecule has 0 saturated heterocycles. The Morgan fingerprint density at radius 2 is 1.81 bits per heavy atom. The Balaban J connectivity index is 1.76. The van der Waals surface area contributed by atoms with Gasteiger partial charge in [0.1, 0.15) is 0 Å². The number of hydrogen-bond donors (Lipinski definition) is 1. The van der Waals surface area contributed by atoms with Crippen LogP contribution in [0.25, 0.3) is 0 Å². The monoisotopic (exact) mass is 299 g/mol. The third-order valence-electron chi connectivity index (χ3n) is 4.50. The number of halogens is 1. The molecule has 2 heteroatoms. The topological polar surface area (TPSA) is 12.0 Å². The fourth-order valence-electron chi connectivity index (χ4n) is 3.27. The van der Waals surface area contributed by atoms with Crippen LogP contribution in [0.2, 0.25) is 5.02 Å². The van der Waals surface area contributed by atoms with E-state index >= 15 is 0 Å². The first-order valence-electron chi connectivity index (χ1n) is 7.80. The lowest BCUT2D eigenvalue weighted by atomic mass is 9.91. The zero-order chi connectivity index (χ0) is 14.7. The van der Waals surface area contributed by atoms with Crippen molar-refractivity contribution in [1.29, 1.82) is 0 Å². The van der Waals surface area contributed by atoms with E-state index in [0.717, 1.165) is 24.0 Å². The van der Waals surface area contributed by atoms with Gasteiger partial charge in [-0.3, -0.25) is 0 Å². The van der Waals surface area contributed by atoms with Gasteiger partial charge in [0, 0.05) is 11.6 Å². The van der Waals surface area contributed by atoms with E-state index < -0.39 is 0 Å². The highest BCUT2D eigenvalue weighted by Gasteiger charge is 2.43. The summed E-state index contributed by atoms with van der Waals surface area (Å²) in [5.41, 5.74) is 2.89. The minimum atomic E-state index is 0.576. The molecule has 3 rings (SSSR count). The van der Waals surface area contributed by atoms with E-state index in [-0.39, 0.29) is 0 Å². The summed E-state index contributed by atoms with van der Waals surface area (Å²) >= 11 is 6.02. The summed E-state index contributed by atoms with van der Waals surface area (Å²) in [5.74, 6) is 2.03. The molecule has 0 heterocycles. The Kier molecular flexibility index (Phi) is 4.62. The molecule has 0 aromatic heterocycles. The van der Waals surface area contributed by atoms with Gasteiger partial charge < -0.3 is 5.32 Å².